The number of nitrogens with one attached hydrogen (secondary N) is 2. The predicted molar refractivity (Wildman–Crippen MR) is 184 cm³/mol. The number of rotatable bonds is 4. The van der Waals surface area contributed by atoms with Crippen molar-refractivity contribution in [2.75, 3.05) is 20.1 Å². The van der Waals surface area contributed by atoms with Gasteiger partial charge in [-0.3, -0.25) is 19.2 Å². The summed E-state index contributed by atoms with van der Waals surface area (Å²) in [4.78, 5) is 67.1. The molecule has 270 valence electrons. The quantitative estimate of drug-likeness (QED) is 0.365. The lowest BCUT2D eigenvalue weighted by Crippen LogP contribution is -2.57. The smallest absolute Gasteiger partial charge is 0.255 e. The third-order valence-corrected chi connectivity index (χ3v) is 9.66. The summed E-state index contributed by atoms with van der Waals surface area (Å²) in [6, 6.07) is 3.79. The molecule has 5 rings (SSSR count). The molecule has 4 heterocycles. The van der Waals surface area contributed by atoms with Gasteiger partial charge in [-0.1, -0.05) is 50.4 Å². The van der Waals surface area contributed by atoms with Crippen molar-refractivity contribution in [2.24, 2.45) is 5.92 Å². The van der Waals surface area contributed by atoms with Crippen LogP contribution in [0.4, 0.5) is 0 Å². The Morgan fingerprint density at radius 1 is 1.06 bits per heavy atom. The Hall–Kier alpha value is -4.37. The van der Waals surface area contributed by atoms with Crippen molar-refractivity contribution in [3.05, 3.63) is 58.1 Å². The summed E-state index contributed by atoms with van der Waals surface area (Å²) in [5, 5.41) is 22.5. The van der Waals surface area contributed by atoms with Gasteiger partial charge in [0, 0.05) is 44.8 Å². The van der Waals surface area contributed by atoms with Gasteiger partial charge >= 0.3 is 0 Å². The van der Waals surface area contributed by atoms with Gasteiger partial charge in [-0.15, -0.1) is 11.3 Å². The third kappa shape index (κ3) is 9.65. The Labute approximate surface area is 296 Å². The average Bonchev–Trinajstić information content (AvgIpc) is 3.87. The normalized spacial score (nSPS) is 23.7. The van der Waals surface area contributed by atoms with Crippen LogP contribution in [0.5, 0.6) is 5.75 Å². The molecule has 3 aromatic rings. The molecule has 0 spiro atoms. The highest BCUT2D eigenvalue weighted by molar-refractivity contribution is 7.07. The number of aryl methyl sites for hydroxylation is 1. The lowest BCUT2D eigenvalue weighted by atomic mass is 10.0. The van der Waals surface area contributed by atoms with Gasteiger partial charge in [-0.25, -0.2) is 4.98 Å². The van der Waals surface area contributed by atoms with Crippen molar-refractivity contribution < 1.29 is 33.5 Å². The summed E-state index contributed by atoms with van der Waals surface area (Å²) < 4.78 is 11.4. The van der Waals surface area contributed by atoms with E-state index in [-0.39, 0.29) is 55.6 Å². The zero-order valence-corrected chi connectivity index (χ0v) is 29.7. The molecule has 0 radical (unpaired) electrons. The van der Waals surface area contributed by atoms with E-state index in [1.54, 1.807) is 36.8 Å². The number of carbonyl (C=O) groups excluding carboxylic acids is 4. The highest BCUT2D eigenvalue weighted by Gasteiger charge is 2.44. The molecule has 1 saturated heterocycles. The van der Waals surface area contributed by atoms with Crippen LogP contribution in [-0.4, -0.2) is 98.0 Å². The van der Waals surface area contributed by atoms with Gasteiger partial charge in [-0.05, 0) is 37.3 Å². The molecule has 0 aliphatic carbocycles. The Balaban J connectivity index is 1.42. The van der Waals surface area contributed by atoms with Crippen LogP contribution in [0.3, 0.4) is 0 Å². The maximum atomic E-state index is 14.2. The number of amides is 4. The van der Waals surface area contributed by atoms with E-state index in [1.165, 1.54) is 21.1 Å². The Morgan fingerprint density at radius 2 is 1.84 bits per heavy atom. The summed E-state index contributed by atoms with van der Waals surface area (Å²) >= 11 is 1.40. The molecule has 0 saturated carbocycles. The number of aliphatic hydroxyl groups excluding tert-OH is 1. The first-order valence-electron chi connectivity index (χ1n) is 17.3. The molecule has 2 aromatic heterocycles. The molecule has 1 aromatic carbocycles. The second-order valence-corrected chi connectivity index (χ2v) is 14.1. The van der Waals surface area contributed by atoms with E-state index < -0.39 is 42.0 Å². The number of hydrogen-bond acceptors (Lipinski definition) is 11. The number of benzene rings is 1. The SMILES string of the molecule is CC(C)C[C@H]1NC(=O)c2ccccc2OCc2noc(n2)CCCCCCCNC(=O)[C@H](Cc2cscn2)N(C)C(=O)[C@H]2C[C@H](O)CN2C1=O. The van der Waals surface area contributed by atoms with Crippen molar-refractivity contribution >= 4 is 35.0 Å². The molecule has 3 N–H and O–H groups in total. The first-order chi connectivity index (χ1) is 24.1. The van der Waals surface area contributed by atoms with Crippen LogP contribution >= 0.6 is 11.3 Å². The van der Waals surface area contributed by atoms with Crippen LogP contribution in [0.1, 0.15) is 86.6 Å². The van der Waals surface area contributed by atoms with Crippen molar-refractivity contribution in [1.29, 1.82) is 0 Å². The van der Waals surface area contributed by atoms with Crippen LogP contribution in [0, 0.1) is 5.92 Å². The first-order valence-corrected chi connectivity index (χ1v) is 18.3. The average molecular weight is 710 g/mol. The number of carbonyl (C=O) groups is 4. The van der Waals surface area contributed by atoms with E-state index in [1.807, 2.05) is 19.2 Å². The maximum Gasteiger partial charge on any atom is 0.255 e. The van der Waals surface area contributed by atoms with Crippen LogP contribution in [0.25, 0.3) is 0 Å². The zero-order valence-electron chi connectivity index (χ0n) is 28.9. The van der Waals surface area contributed by atoms with Crippen molar-refractivity contribution in [2.45, 2.75) is 102 Å². The summed E-state index contributed by atoms with van der Waals surface area (Å²) in [7, 11) is 1.55. The Morgan fingerprint density at radius 3 is 2.62 bits per heavy atom. The topological polar surface area (TPSA) is 180 Å². The predicted octanol–water partition coefficient (Wildman–Crippen LogP) is 2.90. The molecule has 2 aliphatic rings. The fourth-order valence-electron chi connectivity index (χ4n) is 6.38. The molecule has 15 heteroatoms. The standard InChI is InChI=1S/C35H47N7O7S/c1-22(2)15-26-34(46)42-18-24(43)17-28(42)35(47)41(3)27(16-23-20-50-21-37-23)33(45)36-14-10-6-4-5-7-13-31-39-30(40-49-31)19-48-29-12-9-8-11-25(29)32(44)38-26/h8-9,11-12,20-22,24,26-28,43H,4-7,10,13-19H2,1-3H3,(H,36,45)(H,38,44)/t24-,26+,27-,28+/m0/s1. The highest BCUT2D eigenvalue weighted by Crippen LogP contribution is 2.25. The van der Waals surface area contributed by atoms with Crippen LogP contribution in [0.2, 0.25) is 0 Å². The molecule has 1 fully saturated rings. The molecular formula is C35H47N7O7S. The monoisotopic (exact) mass is 709 g/mol. The van der Waals surface area contributed by atoms with E-state index in [0.717, 1.165) is 32.1 Å². The van der Waals surface area contributed by atoms with Gasteiger partial charge in [-0.2, -0.15) is 4.98 Å². The first kappa shape index (κ1) is 36.9. The summed E-state index contributed by atoms with van der Waals surface area (Å²) in [6.45, 7) is 4.22. The van der Waals surface area contributed by atoms with E-state index in [2.05, 4.69) is 25.8 Å². The zero-order chi connectivity index (χ0) is 35.6. The lowest BCUT2D eigenvalue weighted by molar-refractivity contribution is -0.147. The second kappa shape index (κ2) is 17.5. The van der Waals surface area contributed by atoms with Gasteiger partial charge in [0.05, 0.1) is 22.9 Å². The number of para-hydroxylation sites is 1. The summed E-state index contributed by atoms with van der Waals surface area (Å²) in [6.07, 6.45) is 4.64. The minimum atomic E-state index is -1.02. The number of fused-ring (bicyclic) bond motifs is 4. The minimum Gasteiger partial charge on any atom is -0.485 e. The highest BCUT2D eigenvalue weighted by atomic mass is 32.1. The molecule has 14 nitrogen and oxygen atoms in total. The van der Waals surface area contributed by atoms with Gasteiger partial charge in [0.1, 0.15) is 23.9 Å². The number of nitrogens with zero attached hydrogens (tertiary/aromatic N) is 5. The summed E-state index contributed by atoms with van der Waals surface area (Å²) in [5.41, 5.74) is 2.57. The molecule has 4 amide bonds. The number of aromatic nitrogens is 3. The Kier molecular flexibility index (Phi) is 12.9. The third-order valence-electron chi connectivity index (χ3n) is 9.03. The number of aliphatic hydroxyl groups is 1. The van der Waals surface area contributed by atoms with Crippen LogP contribution < -0.4 is 15.4 Å². The second-order valence-electron chi connectivity index (χ2n) is 13.4. The van der Waals surface area contributed by atoms with E-state index >= 15 is 0 Å². The van der Waals surface area contributed by atoms with E-state index in [9.17, 15) is 24.3 Å². The number of hydrogen-bond donors (Lipinski definition) is 3. The fraction of sp³-hybridized carbons (Fsp3) is 0.571. The molecule has 2 aliphatic heterocycles. The van der Waals surface area contributed by atoms with Crippen LogP contribution in [0.15, 0.2) is 39.7 Å². The number of ether oxygens (including phenoxy) is 1. The molecular weight excluding hydrogens is 662 g/mol. The van der Waals surface area contributed by atoms with Crippen molar-refractivity contribution in [3.63, 3.8) is 0 Å². The molecule has 2 bridgehead atoms. The molecule has 0 unspecified atom stereocenters. The fourth-order valence-corrected chi connectivity index (χ4v) is 6.96. The largest absolute Gasteiger partial charge is 0.485 e. The minimum absolute atomic E-state index is 0.00904. The molecule has 4 atom stereocenters. The number of thiazole rings is 1. The van der Waals surface area contributed by atoms with Crippen LogP contribution in [-0.2, 0) is 33.8 Å². The van der Waals surface area contributed by atoms with Gasteiger partial charge < -0.3 is 34.8 Å². The summed E-state index contributed by atoms with van der Waals surface area (Å²) in [5.74, 6) is -0.633. The van der Waals surface area contributed by atoms with E-state index in [4.69, 9.17) is 9.26 Å². The Bertz CT molecular complexity index is 1600. The van der Waals surface area contributed by atoms with E-state index in [0.29, 0.717) is 30.4 Å². The van der Waals surface area contributed by atoms with Crippen molar-refractivity contribution in [3.8, 4) is 5.75 Å². The lowest BCUT2D eigenvalue weighted by Gasteiger charge is -2.34. The van der Waals surface area contributed by atoms with Gasteiger partial charge in [0.15, 0.2) is 6.61 Å². The van der Waals surface area contributed by atoms with Gasteiger partial charge in [0.25, 0.3) is 5.91 Å². The molecule has 50 heavy (non-hydrogen) atoms. The maximum absolute atomic E-state index is 14.2. The van der Waals surface area contributed by atoms with Gasteiger partial charge in [0.2, 0.25) is 29.4 Å². The van der Waals surface area contributed by atoms with Crippen molar-refractivity contribution in [1.82, 2.24) is 35.6 Å². The number of likely N-dealkylation sites (N-methyl/N-ethyl adjacent to an activating group) is 1.